The zero-order valence-corrected chi connectivity index (χ0v) is 19.1. The van der Waals surface area contributed by atoms with E-state index in [1.54, 1.807) is 29.8 Å². The average Bonchev–Trinajstić information content (AvgIpc) is 3.17. The van der Waals surface area contributed by atoms with Crippen molar-refractivity contribution in [2.24, 2.45) is 0 Å². The summed E-state index contributed by atoms with van der Waals surface area (Å²) in [7, 11) is 0. The van der Waals surface area contributed by atoms with Crippen LogP contribution < -0.4 is 5.32 Å². The molecule has 0 saturated heterocycles. The van der Waals surface area contributed by atoms with Gasteiger partial charge in [0, 0.05) is 39.8 Å². The van der Waals surface area contributed by atoms with Crippen molar-refractivity contribution in [2.45, 2.75) is 29.8 Å². The third-order valence-electron chi connectivity index (χ3n) is 4.41. The Balaban J connectivity index is 1.35. The number of hydrogen-bond donors (Lipinski definition) is 1. The van der Waals surface area contributed by atoms with E-state index in [9.17, 15) is 4.79 Å². The molecule has 2 heterocycles. The molecule has 156 valence electrons. The number of benzene rings is 2. The molecular weight excluding hydrogens is 448 g/mol. The molecule has 4 rings (SSSR count). The number of amides is 1. The molecule has 0 atom stereocenters. The largest absolute Gasteiger partial charge is 0.326 e. The van der Waals surface area contributed by atoms with Crippen molar-refractivity contribution in [3.63, 3.8) is 0 Å². The van der Waals surface area contributed by atoms with E-state index in [1.807, 2.05) is 54.8 Å². The zero-order valence-electron chi connectivity index (χ0n) is 16.7. The second-order valence-corrected chi connectivity index (χ2v) is 9.29. The van der Waals surface area contributed by atoms with E-state index in [4.69, 9.17) is 11.6 Å². The molecular formula is C23H19ClN4OS2. The van der Waals surface area contributed by atoms with Gasteiger partial charge < -0.3 is 5.32 Å². The van der Waals surface area contributed by atoms with Gasteiger partial charge in [0.1, 0.15) is 0 Å². The molecule has 8 heteroatoms. The minimum atomic E-state index is -0.0884. The maximum atomic E-state index is 12.5. The van der Waals surface area contributed by atoms with Gasteiger partial charge >= 0.3 is 0 Å². The summed E-state index contributed by atoms with van der Waals surface area (Å²) in [6, 6.07) is 15.4. The molecule has 0 fully saturated rings. The summed E-state index contributed by atoms with van der Waals surface area (Å²) in [5.74, 6) is -0.0884. The van der Waals surface area contributed by atoms with E-state index in [2.05, 4.69) is 20.3 Å². The maximum Gasteiger partial charge on any atom is 0.230 e. The van der Waals surface area contributed by atoms with Gasteiger partial charge in [-0.05, 0) is 66.2 Å². The van der Waals surface area contributed by atoms with Crippen LogP contribution in [0.5, 0.6) is 0 Å². The first-order chi connectivity index (χ1) is 15.0. The number of carbonyl (C=O) groups excluding carboxylic acids is 1. The Labute approximate surface area is 193 Å². The van der Waals surface area contributed by atoms with Crippen LogP contribution in [-0.4, -0.2) is 20.9 Å². The molecule has 5 nitrogen and oxygen atoms in total. The van der Waals surface area contributed by atoms with Crippen LogP contribution in [0.3, 0.4) is 0 Å². The van der Waals surface area contributed by atoms with Gasteiger partial charge in [0.25, 0.3) is 0 Å². The number of aryl methyl sites for hydroxylation is 1. The van der Waals surface area contributed by atoms with Crippen LogP contribution in [0.15, 0.2) is 76.4 Å². The van der Waals surface area contributed by atoms with Crippen LogP contribution in [0.4, 0.5) is 5.69 Å². The lowest BCUT2D eigenvalue weighted by Crippen LogP contribution is -2.15. The normalized spacial score (nSPS) is 10.8. The van der Waals surface area contributed by atoms with Crippen molar-refractivity contribution < 1.29 is 4.79 Å². The number of hydrogen-bond acceptors (Lipinski definition) is 6. The molecule has 1 amide bonds. The molecule has 1 N–H and O–H groups in total. The van der Waals surface area contributed by atoms with Crippen molar-refractivity contribution >= 4 is 46.3 Å². The van der Waals surface area contributed by atoms with Crippen molar-refractivity contribution in [3.8, 4) is 0 Å². The minimum Gasteiger partial charge on any atom is -0.326 e. The molecule has 0 spiro atoms. The van der Waals surface area contributed by atoms with Gasteiger partial charge in [-0.3, -0.25) is 4.79 Å². The van der Waals surface area contributed by atoms with Gasteiger partial charge in [0.05, 0.1) is 17.1 Å². The topological polar surface area (TPSA) is 67.8 Å². The van der Waals surface area contributed by atoms with Gasteiger partial charge in [-0.15, -0.1) is 11.3 Å². The fourth-order valence-electron chi connectivity index (χ4n) is 2.98. The van der Waals surface area contributed by atoms with E-state index in [-0.39, 0.29) is 12.3 Å². The maximum absolute atomic E-state index is 12.5. The number of carbonyl (C=O) groups is 1. The fraction of sp³-hybridized carbons (Fsp3) is 0.130. The number of aromatic nitrogens is 3. The predicted molar refractivity (Wildman–Crippen MR) is 126 cm³/mol. The number of nitrogens with one attached hydrogen (secondary N) is 1. The highest BCUT2D eigenvalue weighted by Crippen LogP contribution is 2.28. The lowest BCUT2D eigenvalue weighted by molar-refractivity contribution is -0.115. The van der Waals surface area contributed by atoms with Gasteiger partial charge in [-0.1, -0.05) is 23.7 Å². The third kappa shape index (κ3) is 6.13. The van der Waals surface area contributed by atoms with Crippen molar-refractivity contribution in [2.75, 3.05) is 5.32 Å². The number of anilines is 1. The average molecular weight is 467 g/mol. The predicted octanol–water partition coefficient (Wildman–Crippen LogP) is 5.82. The third-order valence-corrected chi connectivity index (χ3v) is 6.42. The molecule has 0 radical (unpaired) electrons. The summed E-state index contributed by atoms with van der Waals surface area (Å²) in [5.41, 5.74) is 3.64. The van der Waals surface area contributed by atoms with E-state index in [0.717, 1.165) is 32.4 Å². The molecule has 0 aliphatic rings. The van der Waals surface area contributed by atoms with Gasteiger partial charge in [0.15, 0.2) is 5.16 Å². The highest BCUT2D eigenvalue weighted by molar-refractivity contribution is 7.99. The standard InChI is InChI=1S/C23H19ClN4OS2/c1-15-10-19(31-23-25-8-3-9-26-23)6-7-20(15)28-21(29)13-18-14-30-22(27-18)12-16-4-2-5-17(24)11-16/h2-11,14H,12-13H2,1H3,(H,28,29). The van der Waals surface area contributed by atoms with Crippen LogP contribution in [0.2, 0.25) is 5.02 Å². The number of halogens is 1. The second-order valence-electron chi connectivity index (χ2n) is 6.87. The first kappa shape index (κ1) is 21.5. The van der Waals surface area contributed by atoms with E-state index in [1.165, 1.54) is 11.8 Å². The first-order valence-electron chi connectivity index (χ1n) is 9.58. The summed E-state index contributed by atoms with van der Waals surface area (Å²) in [4.78, 5) is 26.6. The minimum absolute atomic E-state index is 0.0884. The van der Waals surface area contributed by atoms with Crippen LogP contribution in [-0.2, 0) is 17.6 Å². The fourth-order valence-corrected chi connectivity index (χ4v) is 4.83. The van der Waals surface area contributed by atoms with Crippen molar-refractivity contribution in [1.29, 1.82) is 0 Å². The summed E-state index contributed by atoms with van der Waals surface area (Å²) in [6.45, 7) is 1.97. The van der Waals surface area contributed by atoms with Crippen LogP contribution >= 0.6 is 34.7 Å². The van der Waals surface area contributed by atoms with Gasteiger partial charge in [-0.2, -0.15) is 0 Å². The van der Waals surface area contributed by atoms with Crippen molar-refractivity contribution in [3.05, 3.63) is 93.2 Å². The summed E-state index contributed by atoms with van der Waals surface area (Å²) >= 11 is 9.09. The number of nitrogens with zero attached hydrogens (tertiary/aromatic N) is 3. The Bertz CT molecular complexity index is 1200. The Kier molecular flexibility index (Phi) is 6.96. The summed E-state index contributed by atoms with van der Waals surface area (Å²) < 4.78 is 0. The molecule has 0 unspecified atom stereocenters. The highest BCUT2D eigenvalue weighted by Gasteiger charge is 2.11. The Hall–Kier alpha value is -2.74. The monoisotopic (exact) mass is 466 g/mol. The van der Waals surface area contributed by atoms with E-state index < -0.39 is 0 Å². The van der Waals surface area contributed by atoms with Crippen LogP contribution in [0, 0.1) is 6.92 Å². The first-order valence-corrected chi connectivity index (χ1v) is 11.7. The van der Waals surface area contributed by atoms with E-state index >= 15 is 0 Å². The Morgan fingerprint density at radius 2 is 1.97 bits per heavy atom. The highest BCUT2D eigenvalue weighted by atomic mass is 35.5. The lowest BCUT2D eigenvalue weighted by Gasteiger charge is -2.09. The quantitative estimate of drug-likeness (QED) is 0.347. The number of rotatable bonds is 7. The number of thiazole rings is 1. The molecule has 4 aromatic rings. The van der Waals surface area contributed by atoms with Crippen LogP contribution in [0.25, 0.3) is 0 Å². The molecule has 0 aliphatic carbocycles. The zero-order chi connectivity index (χ0) is 21.6. The smallest absolute Gasteiger partial charge is 0.230 e. The Morgan fingerprint density at radius 1 is 1.13 bits per heavy atom. The molecule has 0 aliphatic heterocycles. The molecule has 0 saturated carbocycles. The second kappa shape index (κ2) is 10.0. The van der Waals surface area contributed by atoms with E-state index in [0.29, 0.717) is 16.6 Å². The molecule has 0 bridgehead atoms. The summed E-state index contributed by atoms with van der Waals surface area (Å²) in [6.07, 6.45) is 4.38. The van der Waals surface area contributed by atoms with Crippen LogP contribution in [0.1, 0.15) is 21.8 Å². The SMILES string of the molecule is Cc1cc(Sc2ncccn2)ccc1NC(=O)Cc1csc(Cc2cccc(Cl)c2)n1. The van der Waals surface area contributed by atoms with Gasteiger partial charge in [0.2, 0.25) is 5.91 Å². The van der Waals surface area contributed by atoms with Gasteiger partial charge in [-0.25, -0.2) is 15.0 Å². The lowest BCUT2D eigenvalue weighted by atomic mass is 10.1. The summed E-state index contributed by atoms with van der Waals surface area (Å²) in [5, 5.41) is 7.29. The van der Waals surface area contributed by atoms with Crippen molar-refractivity contribution in [1.82, 2.24) is 15.0 Å². The molecule has 31 heavy (non-hydrogen) atoms. The molecule has 2 aromatic heterocycles. The molecule has 2 aromatic carbocycles. The Morgan fingerprint density at radius 3 is 2.74 bits per heavy atom.